The fourth-order valence-electron chi connectivity index (χ4n) is 4.89. The van der Waals surface area contributed by atoms with Crippen molar-refractivity contribution in [3.05, 3.63) is 77.9 Å². The molecule has 1 amide bonds. The molecule has 5 rings (SSSR count). The van der Waals surface area contributed by atoms with Gasteiger partial charge in [0.2, 0.25) is 11.7 Å². The van der Waals surface area contributed by atoms with E-state index in [1.807, 2.05) is 55.5 Å². The first-order valence-corrected chi connectivity index (χ1v) is 12.1. The first-order valence-electron chi connectivity index (χ1n) is 12.1. The van der Waals surface area contributed by atoms with E-state index in [0.29, 0.717) is 18.3 Å². The minimum absolute atomic E-state index is 0.0291. The van der Waals surface area contributed by atoms with Gasteiger partial charge in [0.05, 0.1) is 17.8 Å². The number of nitrogens with one attached hydrogen (secondary N) is 2. The summed E-state index contributed by atoms with van der Waals surface area (Å²) in [4.78, 5) is 15.4. The van der Waals surface area contributed by atoms with Crippen molar-refractivity contribution in [2.45, 2.75) is 45.1 Å². The summed E-state index contributed by atoms with van der Waals surface area (Å²) >= 11 is 0. The summed E-state index contributed by atoms with van der Waals surface area (Å²) in [6.45, 7) is 2.05. The summed E-state index contributed by atoms with van der Waals surface area (Å²) in [5, 5.41) is 17.8. The number of hydrogen-bond acceptors (Lipinski definition) is 5. The minimum atomic E-state index is -0.0291. The van der Waals surface area contributed by atoms with Crippen LogP contribution in [0.5, 0.6) is 0 Å². The van der Waals surface area contributed by atoms with Crippen molar-refractivity contribution < 1.29 is 4.79 Å². The Hall–Kier alpha value is -4.00. The summed E-state index contributed by atoms with van der Waals surface area (Å²) in [5.74, 6) is 0.510. The molecule has 7 nitrogen and oxygen atoms in total. The highest BCUT2D eigenvalue weighted by molar-refractivity contribution is 5.97. The van der Waals surface area contributed by atoms with Crippen LogP contribution >= 0.6 is 0 Å². The highest BCUT2D eigenvalue weighted by Crippen LogP contribution is 2.37. The number of carbonyl (C=O) groups excluding carboxylic acids is 1. The standard InChI is InChI=1S/C28H30N6O/c1-19-11-13-20(14-12-19)17-27(35)29-25-18-21(15-16-26(25)34(2)22-7-3-4-8-22)23-9-5-6-10-24(23)28-30-32-33-31-28/h5-6,9-16,18,22H,3-4,7-8,17H2,1-2H3,(H,29,35)(H,30,31,32,33). The quantitative estimate of drug-likeness (QED) is 0.381. The lowest BCUT2D eigenvalue weighted by Crippen LogP contribution is -2.30. The highest BCUT2D eigenvalue weighted by atomic mass is 16.1. The molecule has 35 heavy (non-hydrogen) atoms. The Morgan fingerprint density at radius 3 is 2.49 bits per heavy atom. The van der Waals surface area contributed by atoms with Crippen molar-refractivity contribution in [3.63, 3.8) is 0 Å². The summed E-state index contributed by atoms with van der Waals surface area (Å²) < 4.78 is 0. The number of nitrogens with zero attached hydrogens (tertiary/aromatic N) is 4. The van der Waals surface area contributed by atoms with Crippen LogP contribution in [0, 0.1) is 6.92 Å². The lowest BCUT2D eigenvalue weighted by Gasteiger charge is -2.29. The van der Waals surface area contributed by atoms with Gasteiger partial charge in [-0.1, -0.05) is 73.0 Å². The van der Waals surface area contributed by atoms with E-state index in [2.05, 4.69) is 56.1 Å². The molecule has 1 aromatic heterocycles. The SMILES string of the molecule is Cc1ccc(CC(=O)Nc2cc(-c3ccccc3-c3nn[nH]n3)ccc2N(C)C2CCCC2)cc1. The van der Waals surface area contributed by atoms with Gasteiger partial charge in [-0.2, -0.15) is 5.21 Å². The first-order chi connectivity index (χ1) is 17.1. The largest absolute Gasteiger partial charge is 0.370 e. The fourth-order valence-corrected chi connectivity index (χ4v) is 4.89. The summed E-state index contributed by atoms with van der Waals surface area (Å²) in [5.41, 5.74) is 6.89. The van der Waals surface area contributed by atoms with Gasteiger partial charge in [0.1, 0.15) is 0 Å². The third-order valence-electron chi connectivity index (χ3n) is 6.83. The number of amides is 1. The van der Waals surface area contributed by atoms with Gasteiger partial charge in [0.25, 0.3) is 0 Å². The zero-order valence-corrected chi connectivity index (χ0v) is 20.2. The van der Waals surface area contributed by atoms with E-state index in [1.165, 1.54) is 31.2 Å². The number of rotatable bonds is 7. The second-order valence-electron chi connectivity index (χ2n) is 9.27. The third-order valence-corrected chi connectivity index (χ3v) is 6.83. The number of hydrogen-bond donors (Lipinski definition) is 2. The molecule has 0 saturated heterocycles. The summed E-state index contributed by atoms with van der Waals surface area (Å²) in [6.07, 6.45) is 5.18. The second kappa shape index (κ2) is 10.1. The van der Waals surface area contributed by atoms with E-state index in [0.717, 1.165) is 33.6 Å². The van der Waals surface area contributed by atoms with Crippen LogP contribution < -0.4 is 10.2 Å². The average Bonchev–Trinajstić information content (AvgIpc) is 3.60. The van der Waals surface area contributed by atoms with E-state index in [-0.39, 0.29) is 5.91 Å². The van der Waals surface area contributed by atoms with Gasteiger partial charge in [0, 0.05) is 18.7 Å². The van der Waals surface area contributed by atoms with Crippen LogP contribution in [0.15, 0.2) is 66.7 Å². The Labute approximate surface area is 205 Å². The number of H-pyrrole nitrogens is 1. The van der Waals surface area contributed by atoms with Crippen molar-refractivity contribution in [2.24, 2.45) is 0 Å². The molecule has 4 aromatic rings. The van der Waals surface area contributed by atoms with Crippen molar-refractivity contribution >= 4 is 17.3 Å². The van der Waals surface area contributed by atoms with Crippen LogP contribution in [-0.4, -0.2) is 39.6 Å². The molecule has 0 radical (unpaired) electrons. The molecule has 0 spiro atoms. The Morgan fingerprint density at radius 1 is 1.03 bits per heavy atom. The lowest BCUT2D eigenvalue weighted by atomic mass is 9.98. The Kier molecular flexibility index (Phi) is 6.57. The maximum absolute atomic E-state index is 13.1. The lowest BCUT2D eigenvalue weighted by molar-refractivity contribution is -0.115. The van der Waals surface area contributed by atoms with Gasteiger partial charge in [0.15, 0.2) is 0 Å². The van der Waals surface area contributed by atoms with Gasteiger partial charge in [-0.05, 0) is 53.8 Å². The summed E-state index contributed by atoms with van der Waals surface area (Å²) in [6, 6.07) is 22.8. The van der Waals surface area contributed by atoms with Crippen LogP contribution in [0.1, 0.15) is 36.8 Å². The van der Waals surface area contributed by atoms with Crippen LogP contribution in [0.25, 0.3) is 22.5 Å². The Bertz CT molecular complexity index is 1290. The molecule has 0 unspecified atom stereocenters. The number of carbonyl (C=O) groups is 1. The molecular formula is C28H30N6O. The molecule has 3 aromatic carbocycles. The minimum Gasteiger partial charge on any atom is -0.370 e. The highest BCUT2D eigenvalue weighted by Gasteiger charge is 2.23. The van der Waals surface area contributed by atoms with E-state index in [4.69, 9.17) is 0 Å². The molecule has 1 aliphatic carbocycles. The first kappa shape index (κ1) is 22.8. The van der Waals surface area contributed by atoms with Gasteiger partial charge < -0.3 is 10.2 Å². The summed E-state index contributed by atoms with van der Waals surface area (Å²) in [7, 11) is 2.13. The molecular weight excluding hydrogens is 436 g/mol. The average molecular weight is 467 g/mol. The maximum atomic E-state index is 13.1. The van der Waals surface area contributed by atoms with E-state index in [9.17, 15) is 4.79 Å². The van der Waals surface area contributed by atoms with Crippen LogP contribution in [-0.2, 0) is 11.2 Å². The normalized spacial score (nSPS) is 13.7. The van der Waals surface area contributed by atoms with E-state index in [1.54, 1.807) is 0 Å². The number of aryl methyl sites for hydroxylation is 1. The van der Waals surface area contributed by atoms with E-state index >= 15 is 0 Å². The predicted octanol–water partition coefficient (Wildman–Crippen LogP) is 5.40. The smallest absolute Gasteiger partial charge is 0.228 e. The number of anilines is 2. The molecule has 1 aliphatic rings. The van der Waals surface area contributed by atoms with Gasteiger partial charge in [-0.25, -0.2) is 0 Å². The van der Waals surface area contributed by atoms with Crippen molar-refractivity contribution in [1.82, 2.24) is 20.6 Å². The monoisotopic (exact) mass is 466 g/mol. The number of benzene rings is 3. The molecule has 0 aliphatic heterocycles. The van der Waals surface area contributed by atoms with Crippen molar-refractivity contribution in [2.75, 3.05) is 17.3 Å². The van der Waals surface area contributed by atoms with Crippen molar-refractivity contribution in [3.8, 4) is 22.5 Å². The number of aromatic amines is 1. The topological polar surface area (TPSA) is 86.8 Å². The molecule has 1 fully saturated rings. The van der Waals surface area contributed by atoms with Crippen LogP contribution in [0.3, 0.4) is 0 Å². The number of tetrazole rings is 1. The van der Waals surface area contributed by atoms with E-state index < -0.39 is 0 Å². The Balaban J connectivity index is 1.50. The van der Waals surface area contributed by atoms with Crippen LogP contribution in [0.2, 0.25) is 0 Å². The molecule has 0 atom stereocenters. The maximum Gasteiger partial charge on any atom is 0.228 e. The molecule has 1 saturated carbocycles. The second-order valence-corrected chi connectivity index (χ2v) is 9.27. The molecule has 178 valence electrons. The van der Waals surface area contributed by atoms with Crippen molar-refractivity contribution in [1.29, 1.82) is 0 Å². The van der Waals surface area contributed by atoms with Gasteiger partial charge in [-0.3, -0.25) is 4.79 Å². The third kappa shape index (κ3) is 5.09. The molecule has 2 N–H and O–H groups in total. The predicted molar refractivity (Wildman–Crippen MR) is 139 cm³/mol. The van der Waals surface area contributed by atoms with Gasteiger partial charge >= 0.3 is 0 Å². The number of aromatic nitrogens is 4. The molecule has 0 bridgehead atoms. The molecule has 1 heterocycles. The fraction of sp³-hybridized carbons (Fsp3) is 0.286. The zero-order chi connectivity index (χ0) is 24.2. The zero-order valence-electron chi connectivity index (χ0n) is 20.2. The molecule has 7 heteroatoms. The van der Waals surface area contributed by atoms with Gasteiger partial charge in [-0.15, -0.1) is 10.2 Å². The Morgan fingerprint density at radius 2 is 1.77 bits per heavy atom. The van der Waals surface area contributed by atoms with Crippen LogP contribution in [0.4, 0.5) is 11.4 Å².